The third kappa shape index (κ3) is 4.33. The van der Waals surface area contributed by atoms with Gasteiger partial charge in [-0.3, -0.25) is 4.79 Å². The molecular weight excluding hydrogens is 397 g/mol. The average molecular weight is 420 g/mol. The van der Waals surface area contributed by atoms with Gasteiger partial charge in [-0.1, -0.05) is 29.3 Å². The van der Waals surface area contributed by atoms with Gasteiger partial charge in [-0.2, -0.15) is 0 Å². The van der Waals surface area contributed by atoms with E-state index in [1.54, 1.807) is 12.3 Å². The van der Waals surface area contributed by atoms with Crippen molar-refractivity contribution >= 4 is 40.7 Å². The number of pyridine rings is 2. The Morgan fingerprint density at radius 3 is 2.25 bits per heavy atom. The highest BCUT2D eigenvalue weighted by Crippen LogP contribution is 2.25. The number of aromatic nitrogens is 2. The first-order valence-corrected chi connectivity index (χ1v) is 10.4. The van der Waals surface area contributed by atoms with Crippen LogP contribution in [-0.2, 0) is 4.79 Å². The maximum atomic E-state index is 13.0. The molecule has 148 valence electrons. The molecular formula is C20H23Cl2N5O. The number of nitrogens with zero attached hydrogens (tertiary/aromatic N) is 5. The van der Waals surface area contributed by atoms with Crippen LogP contribution in [0.2, 0.25) is 10.2 Å². The quantitative estimate of drug-likeness (QED) is 0.713. The van der Waals surface area contributed by atoms with Crippen LogP contribution >= 0.6 is 23.2 Å². The fraction of sp³-hybridized carbons (Fsp3) is 0.450. The first-order chi connectivity index (χ1) is 13.6. The van der Waals surface area contributed by atoms with Crippen molar-refractivity contribution in [1.82, 2.24) is 14.9 Å². The van der Waals surface area contributed by atoms with Gasteiger partial charge in [-0.05, 0) is 37.1 Å². The zero-order valence-electron chi connectivity index (χ0n) is 15.6. The van der Waals surface area contributed by atoms with E-state index in [9.17, 15) is 4.79 Å². The summed E-state index contributed by atoms with van der Waals surface area (Å²) in [6.45, 7) is 4.71. The first-order valence-electron chi connectivity index (χ1n) is 9.63. The number of hydrogen-bond donors (Lipinski definition) is 0. The molecule has 1 amide bonds. The van der Waals surface area contributed by atoms with Gasteiger partial charge < -0.3 is 14.7 Å². The molecule has 28 heavy (non-hydrogen) atoms. The molecule has 4 heterocycles. The number of piperidine rings is 1. The summed E-state index contributed by atoms with van der Waals surface area (Å²) in [7, 11) is 0. The Bertz CT molecular complexity index is 816. The molecule has 0 radical (unpaired) electrons. The summed E-state index contributed by atoms with van der Waals surface area (Å²) < 4.78 is 0. The van der Waals surface area contributed by atoms with Gasteiger partial charge in [0.25, 0.3) is 0 Å². The van der Waals surface area contributed by atoms with Crippen LogP contribution in [0.15, 0.2) is 36.5 Å². The van der Waals surface area contributed by atoms with E-state index in [0.717, 1.165) is 63.7 Å². The maximum Gasteiger partial charge on any atom is 0.225 e. The molecule has 0 atom stereocenters. The number of anilines is 2. The smallest absolute Gasteiger partial charge is 0.225 e. The Morgan fingerprint density at radius 2 is 1.61 bits per heavy atom. The van der Waals surface area contributed by atoms with Crippen molar-refractivity contribution in [2.45, 2.75) is 12.8 Å². The van der Waals surface area contributed by atoms with E-state index in [0.29, 0.717) is 10.2 Å². The molecule has 6 nitrogen and oxygen atoms in total. The minimum atomic E-state index is 0.0967. The summed E-state index contributed by atoms with van der Waals surface area (Å²) in [5.74, 6) is 2.18. The van der Waals surface area contributed by atoms with Crippen LogP contribution in [0.4, 0.5) is 11.6 Å². The maximum absolute atomic E-state index is 13.0. The van der Waals surface area contributed by atoms with Crippen LogP contribution in [0.1, 0.15) is 12.8 Å². The molecule has 2 aromatic heterocycles. The molecule has 2 aliphatic rings. The monoisotopic (exact) mass is 419 g/mol. The molecule has 0 unspecified atom stereocenters. The lowest BCUT2D eigenvalue weighted by molar-refractivity contribution is -0.136. The summed E-state index contributed by atoms with van der Waals surface area (Å²) >= 11 is 11.9. The van der Waals surface area contributed by atoms with E-state index in [-0.39, 0.29) is 11.8 Å². The predicted molar refractivity (Wildman–Crippen MR) is 112 cm³/mol. The molecule has 4 rings (SSSR count). The first kappa shape index (κ1) is 19.3. The number of piperazine rings is 1. The molecule has 0 aliphatic carbocycles. The van der Waals surface area contributed by atoms with Crippen LogP contribution in [0, 0.1) is 5.92 Å². The minimum absolute atomic E-state index is 0.0967. The second kappa shape index (κ2) is 8.53. The van der Waals surface area contributed by atoms with Gasteiger partial charge in [0.15, 0.2) is 0 Å². The zero-order chi connectivity index (χ0) is 19.5. The van der Waals surface area contributed by atoms with Gasteiger partial charge in [0, 0.05) is 51.4 Å². The summed E-state index contributed by atoms with van der Waals surface area (Å²) in [4.78, 5) is 28.1. The van der Waals surface area contributed by atoms with Crippen molar-refractivity contribution in [1.29, 1.82) is 0 Å². The Balaban J connectivity index is 1.28. The minimum Gasteiger partial charge on any atom is -0.357 e. The van der Waals surface area contributed by atoms with E-state index in [4.69, 9.17) is 23.2 Å². The SMILES string of the molecule is O=C(C1CCN(c2ccc(Cl)cn2)CC1)N1CCN(c2cccc(Cl)n2)CC1. The van der Waals surface area contributed by atoms with Crippen LogP contribution in [0.5, 0.6) is 0 Å². The number of halogens is 2. The summed E-state index contributed by atoms with van der Waals surface area (Å²) in [6.07, 6.45) is 3.39. The number of carbonyl (C=O) groups is 1. The van der Waals surface area contributed by atoms with Crippen LogP contribution < -0.4 is 9.80 Å². The van der Waals surface area contributed by atoms with Crippen molar-refractivity contribution < 1.29 is 4.79 Å². The largest absolute Gasteiger partial charge is 0.357 e. The lowest BCUT2D eigenvalue weighted by Crippen LogP contribution is -2.52. The van der Waals surface area contributed by atoms with E-state index in [1.165, 1.54) is 0 Å². The zero-order valence-corrected chi connectivity index (χ0v) is 17.1. The van der Waals surface area contributed by atoms with Crippen molar-refractivity contribution in [3.05, 3.63) is 46.7 Å². The third-order valence-corrected chi connectivity index (χ3v) is 5.93. The molecule has 0 N–H and O–H groups in total. The molecule has 2 aromatic rings. The molecule has 0 spiro atoms. The molecule has 8 heteroatoms. The van der Waals surface area contributed by atoms with Crippen molar-refractivity contribution in [2.24, 2.45) is 5.92 Å². The van der Waals surface area contributed by atoms with Gasteiger partial charge in [0.2, 0.25) is 5.91 Å². The normalized spacial score (nSPS) is 18.4. The molecule has 0 aromatic carbocycles. The number of amides is 1. The lowest BCUT2D eigenvalue weighted by Gasteiger charge is -2.39. The lowest BCUT2D eigenvalue weighted by atomic mass is 9.95. The fourth-order valence-electron chi connectivity index (χ4n) is 3.90. The second-order valence-electron chi connectivity index (χ2n) is 7.23. The number of carbonyl (C=O) groups excluding carboxylic acids is 1. The Hall–Kier alpha value is -2.05. The molecule has 0 saturated carbocycles. The van der Waals surface area contributed by atoms with Gasteiger partial charge in [-0.25, -0.2) is 9.97 Å². The fourth-order valence-corrected chi connectivity index (χ4v) is 4.17. The van der Waals surface area contributed by atoms with E-state index in [1.807, 2.05) is 29.2 Å². The van der Waals surface area contributed by atoms with Gasteiger partial charge in [0.05, 0.1) is 5.02 Å². The number of hydrogen-bond acceptors (Lipinski definition) is 5. The molecule has 2 saturated heterocycles. The van der Waals surface area contributed by atoms with E-state index >= 15 is 0 Å². The Labute approximate surface area is 175 Å². The Kier molecular flexibility index (Phi) is 5.87. The molecule has 0 bridgehead atoms. The van der Waals surface area contributed by atoms with Crippen molar-refractivity contribution in [3.63, 3.8) is 0 Å². The highest BCUT2D eigenvalue weighted by atomic mass is 35.5. The third-order valence-electron chi connectivity index (χ3n) is 5.50. The average Bonchev–Trinajstić information content (AvgIpc) is 2.74. The van der Waals surface area contributed by atoms with E-state index < -0.39 is 0 Å². The van der Waals surface area contributed by atoms with Gasteiger partial charge in [-0.15, -0.1) is 0 Å². The summed E-state index contributed by atoms with van der Waals surface area (Å²) in [5, 5.41) is 1.14. The second-order valence-corrected chi connectivity index (χ2v) is 8.05. The molecule has 2 fully saturated rings. The highest BCUT2D eigenvalue weighted by Gasteiger charge is 2.31. The molecule has 2 aliphatic heterocycles. The van der Waals surface area contributed by atoms with Gasteiger partial charge >= 0.3 is 0 Å². The highest BCUT2D eigenvalue weighted by molar-refractivity contribution is 6.30. The van der Waals surface area contributed by atoms with Crippen LogP contribution in [-0.4, -0.2) is 60.0 Å². The van der Waals surface area contributed by atoms with Crippen LogP contribution in [0.25, 0.3) is 0 Å². The Morgan fingerprint density at radius 1 is 0.893 bits per heavy atom. The van der Waals surface area contributed by atoms with Crippen molar-refractivity contribution in [2.75, 3.05) is 49.1 Å². The summed E-state index contributed by atoms with van der Waals surface area (Å²) in [5.41, 5.74) is 0. The van der Waals surface area contributed by atoms with Crippen LogP contribution in [0.3, 0.4) is 0 Å². The summed E-state index contributed by atoms with van der Waals surface area (Å²) in [6, 6.07) is 9.44. The number of rotatable bonds is 3. The van der Waals surface area contributed by atoms with E-state index in [2.05, 4.69) is 19.8 Å². The predicted octanol–water partition coefficient (Wildman–Crippen LogP) is 3.35. The van der Waals surface area contributed by atoms with Crippen molar-refractivity contribution in [3.8, 4) is 0 Å². The van der Waals surface area contributed by atoms with Gasteiger partial charge in [0.1, 0.15) is 16.8 Å². The topological polar surface area (TPSA) is 52.6 Å². The standard InChI is InChI=1S/C20H23Cl2N5O/c21-16-4-5-18(23-14-16)25-8-6-15(7-9-25)20(28)27-12-10-26(11-13-27)19-3-1-2-17(22)24-19/h1-5,14-15H,6-13H2.